The van der Waals surface area contributed by atoms with Gasteiger partial charge in [0.15, 0.2) is 11.6 Å². The number of benzene rings is 1. The van der Waals surface area contributed by atoms with Gasteiger partial charge in [-0.15, -0.1) is 0 Å². The fourth-order valence-corrected chi connectivity index (χ4v) is 1.52. The third kappa shape index (κ3) is 2.36. The van der Waals surface area contributed by atoms with Crippen molar-refractivity contribution in [2.75, 3.05) is 11.1 Å². The minimum Gasteiger partial charge on any atom is -0.391 e. The summed E-state index contributed by atoms with van der Waals surface area (Å²) in [6, 6.07) is 7.53. The van der Waals surface area contributed by atoms with Gasteiger partial charge in [-0.25, -0.2) is 9.97 Å². The van der Waals surface area contributed by atoms with Gasteiger partial charge in [-0.2, -0.15) is 0 Å². The first-order valence-corrected chi connectivity index (χ1v) is 5.88. The number of nitrogens with zero attached hydrogens (tertiary/aromatic N) is 2. The standard InChI is InChI=1S/C13H18N4O/c1-8(18)13(2,3)17-12-11(14)15-9-6-4-5-7-10(9)16-12/h4-8,18H,1-3H3,(H2,14,15)(H,16,17). The summed E-state index contributed by atoms with van der Waals surface area (Å²) in [7, 11) is 0. The number of aliphatic hydroxyl groups excluding tert-OH is 1. The zero-order valence-corrected chi connectivity index (χ0v) is 10.8. The van der Waals surface area contributed by atoms with Crippen molar-refractivity contribution in [1.82, 2.24) is 9.97 Å². The number of rotatable bonds is 3. The molecule has 2 rings (SSSR count). The molecule has 18 heavy (non-hydrogen) atoms. The van der Waals surface area contributed by atoms with Crippen LogP contribution in [0.4, 0.5) is 11.6 Å². The highest BCUT2D eigenvalue weighted by atomic mass is 16.3. The lowest BCUT2D eigenvalue weighted by Crippen LogP contribution is -2.42. The Morgan fingerprint density at radius 3 is 2.33 bits per heavy atom. The van der Waals surface area contributed by atoms with Crippen LogP contribution in [0, 0.1) is 0 Å². The zero-order valence-electron chi connectivity index (χ0n) is 10.8. The molecule has 0 aliphatic heterocycles. The third-order valence-corrected chi connectivity index (χ3v) is 3.08. The topological polar surface area (TPSA) is 84.1 Å². The normalized spacial score (nSPS) is 13.6. The lowest BCUT2D eigenvalue weighted by molar-refractivity contribution is 0.133. The van der Waals surface area contributed by atoms with Crippen molar-refractivity contribution in [3.8, 4) is 0 Å². The monoisotopic (exact) mass is 246 g/mol. The predicted octanol–water partition coefficient (Wildman–Crippen LogP) is 1.78. The van der Waals surface area contributed by atoms with Gasteiger partial charge in [0.2, 0.25) is 0 Å². The number of fused-ring (bicyclic) bond motifs is 1. The lowest BCUT2D eigenvalue weighted by atomic mass is 9.99. The van der Waals surface area contributed by atoms with Gasteiger partial charge < -0.3 is 16.2 Å². The van der Waals surface area contributed by atoms with Crippen molar-refractivity contribution < 1.29 is 5.11 Å². The first kappa shape index (κ1) is 12.6. The van der Waals surface area contributed by atoms with E-state index in [1.54, 1.807) is 6.92 Å². The number of anilines is 2. The Hall–Kier alpha value is -1.88. The minimum atomic E-state index is -0.537. The van der Waals surface area contributed by atoms with Crippen molar-refractivity contribution in [2.45, 2.75) is 32.4 Å². The van der Waals surface area contributed by atoms with Crippen LogP contribution in [0.5, 0.6) is 0 Å². The van der Waals surface area contributed by atoms with Gasteiger partial charge in [-0.05, 0) is 32.9 Å². The van der Waals surface area contributed by atoms with Crippen LogP contribution in [0.25, 0.3) is 11.0 Å². The van der Waals surface area contributed by atoms with Gasteiger partial charge >= 0.3 is 0 Å². The molecule has 2 aromatic rings. The fraction of sp³-hybridized carbons (Fsp3) is 0.385. The molecule has 0 fully saturated rings. The summed E-state index contributed by atoms with van der Waals surface area (Å²) in [5, 5.41) is 12.8. The first-order chi connectivity index (χ1) is 8.40. The van der Waals surface area contributed by atoms with E-state index in [-0.39, 0.29) is 0 Å². The summed E-state index contributed by atoms with van der Waals surface area (Å²) in [5.41, 5.74) is 6.89. The SMILES string of the molecule is CC(O)C(C)(C)Nc1nc2ccccc2nc1N. The van der Waals surface area contributed by atoms with Gasteiger partial charge in [0.05, 0.1) is 22.7 Å². The molecule has 0 aliphatic carbocycles. The fourth-order valence-electron chi connectivity index (χ4n) is 1.52. The molecule has 0 saturated carbocycles. The smallest absolute Gasteiger partial charge is 0.170 e. The molecule has 96 valence electrons. The summed E-state index contributed by atoms with van der Waals surface area (Å²) in [4.78, 5) is 8.72. The van der Waals surface area contributed by atoms with E-state index in [0.717, 1.165) is 11.0 Å². The molecule has 1 unspecified atom stereocenters. The maximum atomic E-state index is 9.69. The second-order valence-corrected chi connectivity index (χ2v) is 4.97. The van der Waals surface area contributed by atoms with Crippen LogP contribution < -0.4 is 11.1 Å². The highest BCUT2D eigenvalue weighted by molar-refractivity contribution is 5.79. The maximum Gasteiger partial charge on any atom is 0.170 e. The Kier molecular flexibility index (Phi) is 3.09. The van der Waals surface area contributed by atoms with Gasteiger partial charge in [0.25, 0.3) is 0 Å². The molecule has 1 heterocycles. The Morgan fingerprint density at radius 2 is 1.78 bits per heavy atom. The summed E-state index contributed by atoms with van der Waals surface area (Å²) in [5.74, 6) is 0.835. The van der Waals surface area contributed by atoms with E-state index in [0.29, 0.717) is 11.6 Å². The molecule has 5 heteroatoms. The maximum absolute atomic E-state index is 9.69. The molecule has 0 saturated heterocycles. The van der Waals surface area contributed by atoms with Crippen molar-refractivity contribution in [1.29, 1.82) is 0 Å². The number of nitrogens with one attached hydrogen (secondary N) is 1. The number of hydrogen-bond donors (Lipinski definition) is 3. The van der Waals surface area contributed by atoms with Crippen molar-refractivity contribution in [3.05, 3.63) is 24.3 Å². The number of para-hydroxylation sites is 2. The van der Waals surface area contributed by atoms with Crippen LogP contribution in [0.2, 0.25) is 0 Å². The summed E-state index contributed by atoms with van der Waals surface area (Å²) in [6.45, 7) is 5.49. The zero-order chi connectivity index (χ0) is 13.3. The van der Waals surface area contributed by atoms with Crippen LogP contribution in [-0.2, 0) is 0 Å². The quantitative estimate of drug-likeness (QED) is 0.768. The van der Waals surface area contributed by atoms with Crippen molar-refractivity contribution in [2.24, 2.45) is 0 Å². The molecule has 0 amide bonds. The molecule has 0 aliphatic rings. The van der Waals surface area contributed by atoms with E-state index >= 15 is 0 Å². The Labute approximate surface area is 106 Å². The van der Waals surface area contributed by atoms with Crippen LogP contribution in [0.1, 0.15) is 20.8 Å². The number of nitrogens with two attached hydrogens (primary N) is 1. The molecule has 1 atom stereocenters. The van der Waals surface area contributed by atoms with Gasteiger partial charge in [0, 0.05) is 0 Å². The van der Waals surface area contributed by atoms with Crippen molar-refractivity contribution >= 4 is 22.7 Å². The second kappa shape index (κ2) is 4.42. The van der Waals surface area contributed by atoms with Crippen LogP contribution in [0.15, 0.2) is 24.3 Å². The largest absolute Gasteiger partial charge is 0.391 e. The summed E-state index contributed by atoms with van der Waals surface area (Å²) in [6.07, 6.45) is -0.537. The number of aliphatic hydroxyl groups is 1. The Bertz CT molecular complexity index is 566. The molecular weight excluding hydrogens is 228 g/mol. The highest BCUT2D eigenvalue weighted by Crippen LogP contribution is 2.23. The molecule has 1 aromatic heterocycles. The molecule has 0 spiro atoms. The highest BCUT2D eigenvalue weighted by Gasteiger charge is 2.25. The minimum absolute atomic E-state index is 0.336. The van der Waals surface area contributed by atoms with E-state index in [1.165, 1.54) is 0 Å². The molecule has 1 aromatic carbocycles. The third-order valence-electron chi connectivity index (χ3n) is 3.08. The predicted molar refractivity (Wildman–Crippen MR) is 73.3 cm³/mol. The molecule has 0 bridgehead atoms. The first-order valence-electron chi connectivity index (χ1n) is 5.88. The average Bonchev–Trinajstić information content (AvgIpc) is 2.29. The molecule has 4 N–H and O–H groups in total. The summed E-state index contributed by atoms with van der Waals surface area (Å²) < 4.78 is 0. The molecular formula is C13H18N4O. The summed E-state index contributed by atoms with van der Waals surface area (Å²) >= 11 is 0. The van der Waals surface area contributed by atoms with Crippen LogP contribution >= 0.6 is 0 Å². The second-order valence-electron chi connectivity index (χ2n) is 4.97. The molecule has 0 radical (unpaired) electrons. The Balaban J connectivity index is 2.42. The van der Waals surface area contributed by atoms with E-state index < -0.39 is 11.6 Å². The van der Waals surface area contributed by atoms with E-state index in [1.807, 2.05) is 38.1 Å². The van der Waals surface area contributed by atoms with E-state index in [9.17, 15) is 5.11 Å². The van der Waals surface area contributed by atoms with E-state index in [4.69, 9.17) is 5.73 Å². The lowest BCUT2D eigenvalue weighted by Gasteiger charge is -2.30. The van der Waals surface area contributed by atoms with Gasteiger partial charge in [-0.1, -0.05) is 12.1 Å². The van der Waals surface area contributed by atoms with Gasteiger partial charge in [-0.3, -0.25) is 0 Å². The number of nitrogen functional groups attached to an aromatic ring is 1. The number of aromatic nitrogens is 2. The van der Waals surface area contributed by atoms with Gasteiger partial charge in [0.1, 0.15) is 0 Å². The molecule has 5 nitrogen and oxygen atoms in total. The van der Waals surface area contributed by atoms with Crippen LogP contribution in [0.3, 0.4) is 0 Å². The van der Waals surface area contributed by atoms with E-state index in [2.05, 4.69) is 15.3 Å². The van der Waals surface area contributed by atoms with Crippen molar-refractivity contribution in [3.63, 3.8) is 0 Å². The Morgan fingerprint density at radius 1 is 1.22 bits per heavy atom. The average molecular weight is 246 g/mol. The van der Waals surface area contributed by atoms with Crippen LogP contribution in [-0.4, -0.2) is 26.7 Å². The number of hydrogen-bond acceptors (Lipinski definition) is 5.